The quantitative estimate of drug-likeness (QED) is 0.608. The van der Waals surface area contributed by atoms with Crippen molar-refractivity contribution in [2.45, 2.75) is 12.3 Å². The summed E-state index contributed by atoms with van der Waals surface area (Å²) in [6.07, 6.45) is 7.38. The van der Waals surface area contributed by atoms with Crippen molar-refractivity contribution in [2.24, 2.45) is 7.05 Å². The van der Waals surface area contributed by atoms with E-state index in [4.69, 9.17) is 15.9 Å². The number of pyridine rings is 1. The number of terminal acetylenes is 1. The van der Waals surface area contributed by atoms with Gasteiger partial charge in [-0.15, -0.1) is 12.3 Å². The van der Waals surface area contributed by atoms with E-state index in [-0.39, 0.29) is 18.8 Å². The molecule has 0 spiro atoms. The highest BCUT2D eigenvalue weighted by atomic mass is 19.1. The molecule has 0 saturated carbocycles. The van der Waals surface area contributed by atoms with E-state index in [1.165, 1.54) is 29.9 Å². The van der Waals surface area contributed by atoms with Crippen LogP contribution in [0.25, 0.3) is 0 Å². The summed E-state index contributed by atoms with van der Waals surface area (Å²) >= 11 is 0. The molecule has 120 valence electrons. The fraction of sp³-hybridized carbons (Fsp3) is 0.278. The van der Waals surface area contributed by atoms with Gasteiger partial charge < -0.3 is 14.0 Å². The lowest BCUT2D eigenvalue weighted by atomic mass is 9.88. The van der Waals surface area contributed by atoms with Gasteiger partial charge in [-0.1, -0.05) is 6.07 Å². The summed E-state index contributed by atoms with van der Waals surface area (Å²) in [5, 5.41) is 0. The molecular formula is C18H18FNO3. The molecular weight excluding hydrogens is 297 g/mol. The monoisotopic (exact) mass is 315 g/mol. The summed E-state index contributed by atoms with van der Waals surface area (Å²) in [5.41, 5.74) is 0.860. The van der Waals surface area contributed by atoms with Crippen molar-refractivity contribution in [3.63, 3.8) is 0 Å². The molecule has 2 aromatic rings. The van der Waals surface area contributed by atoms with E-state index in [0.29, 0.717) is 16.9 Å². The standard InChI is InChI=1S/C18H18FNO3/c1-4-6-14(15-7-5-10-20(2)18(15)21)16-11-13(19)8-9-17(16)23-12-22-3/h1,5,7-11,14H,6,12H2,2-3H3. The first-order chi connectivity index (χ1) is 11.1. The number of hydrogen-bond acceptors (Lipinski definition) is 3. The molecule has 1 heterocycles. The number of methoxy groups -OCH3 is 1. The average molecular weight is 315 g/mol. The summed E-state index contributed by atoms with van der Waals surface area (Å²) in [6, 6.07) is 7.62. The number of benzene rings is 1. The number of ether oxygens (including phenoxy) is 2. The summed E-state index contributed by atoms with van der Waals surface area (Å²) in [5.74, 6) is 2.13. The molecule has 2 rings (SSSR count). The second-order valence-electron chi connectivity index (χ2n) is 5.07. The fourth-order valence-electron chi connectivity index (χ4n) is 2.43. The van der Waals surface area contributed by atoms with Gasteiger partial charge in [0.05, 0.1) is 0 Å². The Morgan fingerprint density at radius 3 is 2.83 bits per heavy atom. The summed E-state index contributed by atoms with van der Waals surface area (Å²) in [6.45, 7) is 0.0220. The average Bonchev–Trinajstić information content (AvgIpc) is 2.54. The van der Waals surface area contributed by atoms with E-state index in [1.54, 1.807) is 25.4 Å². The highest BCUT2D eigenvalue weighted by molar-refractivity contribution is 5.42. The van der Waals surface area contributed by atoms with Gasteiger partial charge in [0, 0.05) is 43.8 Å². The van der Waals surface area contributed by atoms with Crippen molar-refractivity contribution in [1.82, 2.24) is 4.57 Å². The number of rotatable bonds is 6. The summed E-state index contributed by atoms with van der Waals surface area (Å²) in [4.78, 5) is 12.4. The van der Waals surface area contributed by atoms with Gasteiger partial charge in [-0.2, -0.15) is 0 Å². The number of aryl methyl sites for hydroxylation is 1. The Morgan fingerprint density at radius 1 is 1.35 bits per heavy atom. The molecule has 1 unspecified atom stereocenters. The van der Waals surface area contributed by atoms with Crippen LogP contribution in [-0.4, -0.2) is 18.5 Å². The van der Waals surface area contributed by atoms with E-state index in [2.05, 4.69) is 5.92 Å². The number of nitrogens with zero attached hydrogens (tertiary/aromatic N) is 1. The molecule has 4 nitrogen and oxygen atoms in total. The SMILES string of the molecule is C#CCC(c1cc(F)ccc1OCOC)c1cccn(C)c1=O. The molecule has 0 N–H and O–H groups in total. The lowest BCUT2D eigenvalue weighted by Gasteiger charge is -2.19. The molecule has 1 aromatic carbocycles. The second-order valence-corrected chi connectivity index (χ2v) is 5.07. The maximum absolute atomic E-state index is 13.7. The fourth-order valence-corrected chi connectivity index (χ4v) is 2.43. The minimum Gasteiger partial charge on any atom is -0.467 e. The Balaban J connectivity index is 2.57. The van der Waals surface area contributed by atoms with Crippen LogP contribution in [0.1, 0.15) is 23.5 Å². The normalized spacial score (nSPS) is 11.7. The van der Waals surface area contributed by atoms with Crippen LogP contribution in [0.4, 0.5) is 4.39 Å². The van der Waals surface area contributed by atoms with Gasteiger partial charge in [0.15, 0.2) is 6.79 Å². The molecule has 23 heavy (non-hydrogen) atoms. The third kappa shape index (κ3) is 3.79. The van der Waals surface area contributed by atoms with Crippen molar-refractivity contribution in [2.75, 3.05) is 13.9 Å². The van der Waals surface area contributed by atoms with Crippen LogP contribution >= 0.6 is 0 Å². The predicted octanol–water partition coefficient (Wildman–Crippen LogP) is 2.66. The van der Waals surface area contributed by atoms with E-state index in [0.717, 1.165) is 0 Å². The second kappa shape index (κ2) is 7.61. The van der Waals surface area contributed by atoms with Crippen LogP contribution in [-0.2, 0) is 11.8 Å². The third-order valence-corrected chi connectivity index (χ3v) is 3.53. The minimum atomic E-state index is -0.456. The van der Waals surface area contributed by atoms with Gasteiger partial charge in [0.2, 0.25) is 0 Å². The first-order valence-corrected chi connectivity index (χ1v) is 7.08. The van der Waals surface area contributed by atoms with Crippen molar-refractivity contribution >= 4 is 0 Å². The third-order valence-electron chi connectivity index (χ3n) is 3.53. The zero-order valence-corrected chi connectivity index (χ0v) is 13.1. The molecule has 1 aromatic heterocycles. The smallest absolute Gasteiger partial charge is 0.254 e. The Kier molecular flexibility index (Phi) is 5.56. The first-order valence-electron chi connectivity index (χ1n) is 7.08. The predicted molar refractivity (Wildman–Crippen MR) is 85.9 cm³/mol. The van der Waals surface area contributed by atoms with Crippen LogP contribution in [0.15, 0.2) is 41.3 Å². The number of halogens is 1. The molecule has 0 amide bonds. The van der Waals surface area contributed by atoms with Gasteiger partial charge in [0.25, 0.3) is 5.56 Å². The molecule has 0 fully saturated rings. The first kappa shape index (κ1) is 16.8. The van der Waals surface area contributed by atoms with Crippen LogP contribution in [0.5, 0.6) is 5.75 Å². The van der Waals surface area contributed by atoms with E-state index < -0.39 is 11.7 Å². The van der Waals surface area contributed by atoms with Crippen LogP contribution in [0.2, 0.25) is 0 Å². The Labute approximate surface area is 134 Å². The van der Waals surface area contributed by atoms with Gasteiger partial charge >= 0.3 is 0 Å². The van der Waals surface area contributed by atoms with Gasteiger partial charge in [-0.3, -0.25) is 4.79 Å². The number of aromatic nitrogens is 1. The Hall–Kier alpha value is -2.58. The topological polar surface area (TPSA) is 40.5 Å². The molecule has 0 saturated heterocycles. The molecule has 0 aliphatic heterocycles. The zero-order valence-electron chi connectivity index (χ0n) is 13.1. The van der Waals surface area contributed by atoms with Crippen molar-refractivity contribution in [3.8, 4) is 18.1 Å². The zero-order chi connectivity index (χ0) is 16.8. The molecule has 0 aliphatic rings. The van der Waals surface area contributed by atoms with E-state index in [1.807, 2.05) is 0 Å². The van der Waals surface area contributed by atoms with Gasteiger partial charge in [-0.25, -0.2) is 4.39 Å². The van der Waals surface area contributed by atoms with Crippen molar-refractivity contribution in [3.05, 3.63) is 63.8 Å². The summed E-state index contributed by atoms with van der Waals surface area (Å²) in [7, 11) is 3.15. The largest absolute Gasteiger partial charge is 0.467 e. The number of hydrogen-bond donors (Lipinski definition) is 0. The van der Waals surface area contributed by atoms with Crippen LogP contribution in [0, 0.1) is 18.2 Å². The molecule has 0 radical (unpaired) electrons. The molecule has 0 bridgehead atoms. The van der Waals surface area contributed by atoms with Crippen LogP contribution < -0.4 is 10.3 Å². The van der Waals surface area contributed by atoms with E-state index in [9.17, 15) is 9.18 Å². The molecule has 1 atom stereocenters. The van der Waals surface area contributed by atoms with Gasteiger partial charge in [0.1, 0.15) is 11.6 Å². The Bertz CT molecular complexity index is 777. The van der Waals surface area contributed by atoms with Crippen LogP contribution in [0.3, 0.4) is 0 Å². The maximum atomic E-state index is 13.7. The summed E-state index contributed by atoms with van der Waals surface area (Å²) < 4.78 is 25.6. The van der Waals surface area contributed by atoms with Crippen molar-refractivity contribution in [1.29, 1.82) is 0 Å². The lowest BCUT2D eigenvalue weighted by Crippen LogP contribution is -2.23. The highest BCUT2D eigenvalue weighted by Gasteiger charge is 2.21. The molecule has 5 heteroatoms. The lowest BCUT2D eigenvalue weighted by molar-refractivity contribution is 0.0502. The minimum absolute atomic E-state index is 0.0220. The molecule has 0 aliphatic carbocycles. The van der Waals surface area contributed by atoms with Crippen molar-refractivity contribution < 1.29 is 13.9 Å². The maximum Gasteiger partial charge on any atom is 0.254 e. The van der Waals surface area contributed by atoms with E-state index >= 15 is 0 Å². The Morgan fingerprint density at radius 2 is 2.13 bits per heavy atom. The highest BCUT2D eigenvalue weighted by Crippen LogP contribution is 2.33. The van der Waals surface area contributed by atoms with Gasteiger partial charge in [-0.05, 0) is 24.3 Å².